The van der Waals surface area contributed by atoms with Crippen molar-refractivity contribution < 1.29 is 14.4 Å². The van der Waals surface area contributed by atoms with E-state index in [4.69, 9.17) is 4.52 Å². The molecule has 1 aromatic carbocycles. The van der Waals surface area contributed by atoms with Crippen molar-refractivity contribution in [2.45, 2.75) is 32.2 Å². The molecule has 0 unspecified atom stereocenters. The molecule has 2 aromatic heterocycles. The van der Waals surface area contributed by atoms with Crippen molar-refractivity contribution >= 4 is 18.1 Å². The first-order chi connectivity index (χ1) is 13.6. The van der Waals surface area contributed by atoms with Crippen molar-refractivity contribution in [1.29, 1.82) is 0 Å². The predicted octanol–water partition coefficient (Wildman–Crippen LogP) is 1.58. The summed E-state index contributed by atoms with van der Waals surface area (Å²) < 4.78 is 5.39. The number of carbonyl (C=O) groups excluding carboxylic acids is 1. The van der Waals surface area contributed by atoms with E-state index in [-0.39, 0.29) is 24.8 Å². The zero-order valence-corrected chi connectivity index (χ0v) is 15.6. The smallest absolute Gasteiger partial charge is 0.251 e. The minimum atomic E-state index is -0.567. The Labute approximate surface area is 161 Å². The lowest BCUT2D eigenvalue weighted by atomic mass is 10.1. The predicted molar refractivity (Wildman–Crippen MR) is 105 cm³/mol. The number of aryl methyl sites for hydroxylation is 1. The van der Waals surface area contributed by atoms with Crippen LogP contribution < -0.4 is 15.9 Å². The maximum Gasteiger partial charge on any atom is 0.251 e. The Hall–Kier alpha value is -3.19. The number of aromatic nitrogens is 3. The lowest BCUT2D eigenvalue weighted by Crippen LogP contribution is -2.29. The standard InChI is InChI=1S/C21H22N4O3/c1-13-6-8-14(9-7-13)20(27)23-17(10-11-26)21-24-19(25-28-21)18-12-15-4-2-3-5-16(15)22-18/h4-9,12,17,22,26H,2-3,10-11H2,1H3,(H,23,27)/t17-/m0/s1. The summed E-state index contributed by atoms with van der Waals surface area (Å²) >= 11 is 0. The van der Waals surface area contributed by atoms with E-state index >= 15 is 0 Å². The Bertz CT molecular complexity index is 1060. The second-order valence-electron chi connectivity index (χ2n) is 6.90. The van der Waals surface area contributed by atoms with Gasteiger partial charge in [-0.05, 0) is 49.6 Å². The van der Waals surface area contributed by atoms with Gasteiger partial charge >= 0.3 is 0 Å². The number of carbonyl (C=O) groups is 1. The molecule has 0 saturated heterocycles. The number of hydrogen-bond acceptors (Lipinski definition) is 5. The Morgan fingerprint density at radius 1 is 1.29 bits per heavy atom. The first kappa shape index (κ1) is 18.2. The van der Waals surface area contributed by atoms with E-state index in [9.17, 15) is 9.90 Å². The Morgan fingerprint density at radius 3 is 2.82 bits per heavy atom. The van der Waals surface area contributed by atoms with Gasteiger partial charge < -0.3 is 19.9 Å². The van der Waals surface area contributed by atoms with Gasteiger partial charge in [-0.3, -0.25) is 4.79 Å². The number of amides is 1. The largest absolute Gasteiger partial charge is 0.396 e. The van der Waals surface area contributed by atoms with Gasteiger partial charge in [0.2, 0.25) is 11.7 Å². The number of benzene rings is 1. The molecule has 1 aliphatic carbocycles. The summed E-state index contributed by atoms with van der Waals surface area (Å²) in [5, 5.41) is 18.5. The van der Waals surface area contributed by atoms with Crippen LogP contribution >= 0.6 is 0 Å². The van der Waals surface area contributed by atoms with Crippen molar-refractivity contribution in [3.63, 3.8) is 0 Å². The van der Waals surface area contributed by atoms with E-state index in [1.54, 1.807) is 12.1 Å². The molecule has 7 heteroatoms. The Balaban J connectivity index is 1.56. The molecule has 1 aliphatic rings. The third-order valence-corrected chi connectivity index (χ3v) is 4.78. The fourth-order valence-corrected chi connectivity index (χ4v) is 3.23. The number of rotatable bonds is 6. The van der Waals surface area contributed by atoms with Crippen LogP contribution in [0.3, 0.4) is 0 Å². The minimum absolute atomic E-state index is 0.114. The highest BCUT2D eigenvalue weighted by atomic mass is 16.5. The summed E-state index contributed by atoms with van der Waals surface area (Å²) in [7, 11) is 0. The van der Waals surface area contributed by atoms with Gasteiger partial charge in [0.1, 0.15) is 6.04 Å². The van der Waals surface area contributed by atoms with Crippen LogP contribution in [-0.4, -0.2) is 32.7 Å². The third-order valence-electron chi connectivity index (χ3n) is 4.78. The maximum absolute atomic E-state index is 12.5. The molecule has 0 bridgehead atoms. The first-order valence-corrected chi connectivity index (χ1v) is 9.36. The minimum Gasteiger partial charge on any atom is -0.396 e. The fourth-order valence-electron chi connectivity index (χ4n) is 3.23. The van der Waals surface area contributed by atoms with Crippen LogP contribution in [0.25, 0.3) is 23.7 Å². The van der Waals surface area contributed by atoms with Crippen LogP contribution in [0.2, 0.25) is 0 Å². The van der Waals surface area contributed by atoms with Crippen LogP contribution in [0.1, 0.15) is 47.1 Å². The molecular weight excluding hydrogens is 356 g/mol. The number of H-pyrrole nitrogens is 1. The highest BCUT2D eigenvalue weighted by molar-refractivity contribution is 5.94. The fraction of sp³-hybridized carbons (Fsp3) is 0.286. The van der Waals surface area contributed by atoms with Crippen molar-refractivity contribution in [3.05, 3.63) is 57.9 Å². The van der Waals surface area contributed by atoms with Crippen molar-refractivity contribution in [1.82, 2.24) is 20.4 Å². The number of fused-ring (bicyclic) bond motifs is 1. The summed E-state index contributed by atoms with van der Waals surface area (Å²) in [4.78, 5) is 20.3. The summed E-state index contributed by atoms with van der Waals surface area (Å²) in [6.07, 6.45) is 6.63. The average molecular weight is 378 g/mol. The molecule has 1 amide bonds. The second-order valence-corrected chi connectivity index (χ2v) is 6.90. The summed E-state index contributed by atoms with van der Waals surface area (Å²) in [5.74, 6) is 0.446. The topological polar surface area (TPSA) is 104 Å². The Morgan fingerprint density at radius 2 is 2.07 bits per heavy atom. The van der Waals surface area contributed by atoms with Crippen molar-refractivity contribution in [2.24, 2.45) is 0 Å². The number of hydrogen-bond donors (Lipinski definition) is 3. The zero-order valence-electron chi connectivity index (χ0n) is 15.6. The molecule has 3 aromatic rings. The van der Waals surface area contributed by atoms with E-state index in [1.165, 1.54) is 0 Å². The molecule has 1 atom stereocenters. The van der Waals surface area contributed by atoms with Gasteiger partial charge in [-0.25, -0.2) is 0 Å². The van der Waals surface area contributed by atoms with Crippen LogP contribution in [0.4, 0.5) is 0 Å². The number of aliphatic hydroxyl groups is 1. The molecule has 144 valence electrons. The number of aliphatic hydroxyl groups excluding tert-OH is 1. The quantitative estimate of drug-likeness (QED) is 0.604. The molecule has 0 fully saturated rings. The molecule has 0 spiro atoms. The highest BCUT2D eigenvalue weighted by Gasteiger charge is 2.22. The molecule has 7 nitrogen and oxygen atoms in total. The van der Waals surface area contributed by atoms with Gasteiger partial charge in [0.25, 0.3) is 5.91 Å². The molecule has 28 heavy (non-hydrogen) atoms. The van der Waals surface area contributed by atoms with Gasteiger partial charge in [0, 0.05) is 17.5 Å². The summed E-state index contributed by atoms with van der Waals surface area (Å²) in [6, 6.07) is 8.70. The van der Waals surface area contributed by atoms with Crippen LogP contribution in [-0.2, 0) is 0 Å². The van der Waals surface area contributed by atoms with Gasteiger partial charge in [0.05, 0.1) is 5.69 Å². The molecule has 0 aliphatic heterocycles. The highest BCUT2D eigenvalue weighted by Crippen LogP contribution is 2.19. The first-order valence-electron chi connectivity index (χ1n) is 9.36. The lowest BCUT2D eigenvalue weighted by Gasteiger charge is -2.13. The summed E-state index contributed by atoms with van der Waals surface area (Å²) in [5.41, 5.74) is 2.38. The Kier molecular flexibility index (Phi) is 5.08. The monoisotopic (exact) mass is 378 g/mol. The van der Waals surface area contributed by atoms with E-state index in [0.717, 1.165) is 34.7 Å². The van der Waals surface area contributed by atoms with Gasteiger partial charge in [0.15, 0.2) is 0 Å². The lowest BCUT2D eigenvalue weighted by molar-refractivity contribution is 0.0919. The van der Waals surface area contributed by atoms with E-state index in [2.05, 4.69) is 32.6 Å². The molecule has 4 rings (SSSR count). The number of aromatic amines is 1. The molecular formula is C21H22N4O3. The number of nitrogens with zero attached hydrogens (tertiary/aromatic N) is 2. The zero-order chi connectivity index (χ0) is 19.5. The van der Waals surface area contributed by atoms with Gasteiger partial charge in [-0.2, -0.15) is 4.98 Å². The molecule has 0 radical (unpaired) electrons. The van der Waals surface area contributed by atoms with Crippen LogP contribution in [0, 0.1) is 6.92 Å². The average Bonchev–Trinajstić information content (AvgIpc) is 3.35. The van der Waals surface area contributed by atoms with Gasteiger partial charge in [-0.1, -0.05) is 35.0 Å². The number of nitrogens with one attached hydrogen (secondary N) is 2. The molecule has 0 saturated carbocycles. The van der Waals surface area contributed by atoms with E-state index in [1.807, 2.05) is 25.1 Å². The van der Waals surface area contributed by atoms with Crippen molar-refractivity contribution in [2.75, 3.05) is 6.61 Å². The van der Waals surface area contributed by atoms with E-state index in [0.29, 0.717) is 11.4 Å². The van der Waals surface area contributed by atoms with Crippen LogP contribution in [0.5, 0.6) is 0 Å². The molecule has 2 heterocycles. The van der Waals surface area contributed by atoms with Crippen LogP contribution in [0.15, 0.2) is 34.9 Å². The SMILES string of the molecule is Cc1ccc(C(=O)N[C@@H](CCO)c2nc(-c3cc4c([nH]3)=CCCC=4)no2)cc1. The van der Waals surface area contributed by atoms with Gasteiger partial charge in [-0.15, -0.1) is 0 Å². The third kappa shape index (κ3) is 3.75. The second kappa shape index (κ2) is 7.82. The molecule has 3 N–H and O–H groups in total. The van der Waals surface area contributed by atoms with E-state index < -0.39 is 6.04 Å². The normalized spacial score (nSPS) is 13.9. The maximum atomic E-state index is 12.5. The van der Waals surface area contributed by atoms with Crippen molar-refractivity contribution in [3.8, 4) is 11.5 Å². The summed E-state index contributed by atoms with van der Waals surface area (Å²) in [6.45, 7) is 1.85.